The Balaban J connectivity index is 2.41. The topological polar surface area (TPSA) is 75.7 Å². The second kappa shape index (κ2) is 10.8. The average Bonchev–Trinajstić information content (AvgIpc) is 2.72. The number of anilines is 1. The van der Waals surface area contributed by atoms with Crippen LogP contribution in [0.25, 0.3) is 0 Å². The number of carbonyl (C=O) groups is 1. The van der Waals surface area contributed by atoms with Crippen molar-refractivity contribution in [3.8, 4) is 5.75 Å². The predicted molar refractivity (Wildman–Crippen MR) is 136 cm³/mol. The highest BCUT2D eigenvalue weighted by atomic mass is 35.5. The van der Waals surface area contributed by atoms with Crippen molar-refractivity contribution in [1.82, 2.24) is 5.32 Å². The average molecular weight is 495 g/mol. The molecule has 0 bridgehead atoms. The highest BCUT2D eigenvalue weighted by molar-refractivity contribution is 7.92. The molecular formula is C25H35ClN2O4S. The predicted octanol–water partition coefficient (Wildman–Crippen LogP) is 5.51. The van der Waals surface area contributed by atoms with Gasteiger partial charge in [-0.15, -0.1) is 0 Å². The van der Waals surface area contributed by atoms with E-state index >= 15 is 0 Å². The van der Waals surface area contributed by atoms with Crippen molar-refractivity contribution in [3.63, 3.8) is 0 Å². The summed E-state index contributed by atoms with van der Waals surface area (Å²) in [5.74, 6) is 0.696. The molecule has 0 radical (unpaired) electrons. The molecule has 0 aliphatic rings. The molecule has 2 aromatic carbocycles. The van der Waals surface area contributed by atoms with Gasteiger partial charge in [0.2, 0.25) is 15.9 Å². The maximum absolute atomic E-state index is 13.3. The summed E-state index contributed by atoms with van der Waals surface area (Å²) >= 11 is 6.25. The lowest BCUT2D eigenvalue weighted by Gasteiger charge is -2.31. The Labute approximate surface area is 203 Å². The fraction of sp³-hybridized carbons (Fsp3) is 0.480. The summed E-state index contributed by atoms with van der Waals surface area (Å²) < 4.78 is 32.1. The first kappa shape index (κ1) is 27.0. The lowest BCUT2D eigenvalue weighted by Crippen LogP contribution is -2.49. The van der Waals surface area contributed by atoms with Gasteiger partial charge in [0.25, 0.3) is 0 Å². The molecule has 6 nitrogen and oxygen atoms in total. The molecular weight excluding hydrogens is 460 g/mol. The van der Waals surface area contributed by atoms with Crippen molar-refractivity contribution >= 4 is 33.2 Å². The molecule has 0 spiro atoms. The van der Waals surface area contributed by atoms with Crippen molar-refractivity contribution in [1.29, 1.82) is 0 Å². The van der Waals surface area contributed by atoms with Crippen molar-refractivity contribution < 1.29 is 17.9 Å². The molecule has 2 rings (SSSR count). The van der Waals surface area contributed by atoms with Crippen LogP contribution in [0.5, 0.6) is 5.75 Å². The van der Waals surface area contributed by atoms with Crippen molar-refractivity contribution in [2.24, 2.45) is 0 Å². The standard InChI is InChI=1S/C25H35ClN2O4S/c1-9-23(28(33(8,30)31)19-11-10-16(4)22(26)13-19)25(29)27-18(6)21-14-20(15(2)3)24(32-7)12-17(21)5/h10-15,18,23H,9H2,1-8H3,(H,27,29)/t18-,23-/m1/s1. The number of methoxy groups -OCH3 is 1. The highest BCUT2D eigenvalue weighted by Gasteiger charge is 2.32. The van der Waals surface area contributed by atoms with Gasteiger partial charge < -0.3 is 10.1 Å². The number of aryl methyl sites for hydroxylation is 2. The second-order valence-corrected chi connectivity index (χ2v) is 11.0. The number of halogens is 1. The van der Waals surface area contributed by atoms with E-state index in [1.165, 1.54) is 0 Å². The summed E-state index contributed by atoms with van der Waals surface area (Å²) in [5, 5.41) is 3.47. The molecule has 0 aliphatic carbocycles. The number of nitrogens with zero attached hydrogens (tertiary/aromatic N) is 1. The SMILES string of the molecule is CC[C@H](C(=O)N[C@H](C)c1cc(C(C)C)c(OC)cc1C)N(c1ccc(C)c(Cl)c1)S(C)(=O)=O. The number of benzene rings is 2. The third kappa shape index (κ3) is 6.21. The highest BCUT2D eigenvalue weighted by Crippen LogP contribution is 2.33. The van der Waals surface area contributed by atoms with Crippen LogP contribution in [0.1, 0.15) is 68.3 Å². The fourth-order valence-electron chi connectivity index (χ4n) is 3.98. The molecule has 1 amide bonds. The molecule has 1 N–H and O–H groups in total. The molecule has 8 heteroatoms. The Morgan fingerprint density at radius 1 is 1.09 bits per heavy atom. The maximum atomic E-state index is 13.3. The van der Waals surface area contributed by atoms with Gasteiger partial charge in [0, 0.05) is 5.02 Å². The lowest BCUT2D eigenvalue weighted by atomic mass is 9.93. The summed E-state index contributed by atoms with van der Waals surface area (Å²) in [6, 6.07) is 7.80. The quantitative estimate of drug-likeness (QED) is 0.498. The van der Waals surface area contributed by atoms with Crippen LogP contribution < -0.4 is 14.4 Å². The maximum Gasteiger partial charge on any atom is 0.244 e. The zero-order valence-electron chi connectivity index (χ0n) is 20.7. The monoisotopic (exact) mass is 494 g/mol. The van der Waals surface area contributed by atoms with E-state index in [4.69, 9.17) is 16.3 Å². The lowest BCUT2D eigenvalue weighted by molar-refractivity contribution is -0.122. The molecule has 182 valence electrons. The Morgan fingerprint density at radius 2 is 1.73 bits per heavy atom. The van der Waals surface area contributed by atoms with Gasteiger partial charge in [-0.2, -0.15) is 0 Å². The third-order valence-corrected chi connectivity index (χ3v) is 7.39. The number of nitrogens with one attached hydrogen (secondary N) is 1. The van der Waals surface area contributed by atoms with Gasteiger partial charge in [-0.3, -0.25) is 9.10 Å². The number of hydrogen-bond donors (Lipinski definition) is 1. The molecule has 0 fully saturated rings. The van der Waals surface area contributed by atoms with Crippen molar-refractivity contribution in [2.75, 3.05) is 17.7 Å². The van der Waals surface area contributed by atoms with Crippen LogP contribution in [0.4, 0.5) is 5.69 Å². The Hall–Kier alpha value is -2.25. The first-order valence-electron chi connectivity index (χ1n) is 11.1. The molecule has 0 aromatic heterocycles. The van der Waals surface area contributed by atoms with Crippen molar-refractivity contribution in [2.45, 2.75) is 66.0 Å². The summed E-state index contributed by atoms with van der Waals surface area (Å²) in [6.07, 6.45) is 1.40. The van der Waals surface area contributed by atoms with Gasteiger partial charge in [0.15, 0.2) is 0 Å². The minimum Gasteiger partial charge on any atom is -0.496 e. The van der Waals surface area contributed by atoms with E-state index in [2.05, 4.69) is 25.2 Å². The molecule has 0 saturated carbocycles. The van der Waals surface area contributed by atoms with Gasteiger partial charge in [-0.05, 0) is 79.6 Å². The van der Waals surface area contributed by atoms with Gasteiger partial charge in [0.1, 0.15) is 11.8 Å². The van der Waals surface area contributed by atoms with Gasteiger partial charge >= 0.3 is 0 Å². The number of sulfonamides is 1. The molecule has 0 heterocycles. The number of carbonyl (C=O) groups excluding carboxylic acids is 1. The van der Waals surface area contributed by atoms with E-state index in [9.17, 15) is 13.2 Å². The first-order valence-corrected chi connectivity index (χ1v) is 13.3. The Morgan fingerprint density at radius 3 is 2.21 bits per heavy atom. The van der Waals surface area contributed by atoms with Crippen LogP contribution in [-0.2, 0) is 14.8 Å². The molecule has 33 heavy (non-hydrogen) atoms. The van der Waals surface area contributed by atoms with E-state index in [0.717, 1.165) is 38.6 Å². The minimum absolute atomic E-state index is 0.248. The van der Waals surface area contributed by atoms with Crippen LogP contribution >= 0.6 is 11.6 Å². The number of ether oxygens (including phenoxy) is 1. The van der Waals surface area contributed by atoms with Gasteiger partial charge in [-0.25, -0.2) is 8.42 Å². The Bertz CT molecular complexity index is 1120. The Kier molecular flexibility index (Phi) is 8.82. The molecule has 2 aromatic rings. The largest absolute Gasteiger partial charge is 0.496 e. The minimum atomic E-state index is -3.74. The molecule has 0 unspecified atom stereocenters. The molecule has 0 aliphatic heterocycles. The third-order valence-electron chi connectivity index (χ3n) is 5.81. The number of hydrogen-bond acceptors (Lipinski definition) is 4. The number of rotatable bonds is 9. The van der Waals surface area contributed by atoms with Gasteiger partial charge in [0.05, 0.1) is 25.1 Å². The summed E-state index contributed by atoms with van der Waals surface area (Å²) in [7, 11) is -2.09. The molecule has 0 saturated heterocycles. The van der Waals surface area contributed by atoms with E-state index in [-0.39, 0.29) is 17.9 Å². The van der Waals surface area contributed by atoms with Crippen LogP contribution in [-0.4, -0.2) is 33.7 Å². The van der Waals surface area contributed by atoms with Crippen LogP contribution in [0.3, 0.4) is 0 Å². The summed E-state index contributed by atoms with van der Waals surface area (Å²) in [6.45, 7) is 11.7. The van der Waals surface area contributed by atoms with Crippen molar-refractivity contribution in [3.05, 3.63) is 57.6 Å². The van der Waals surface area contributed by atoms with E-state index < -0.39 is 16.1 Å². The second-order valence-electron chi connectivity index (χ2n) is 8.75. The zero-order valence-corrected chi connectivity index (χ0v) is 22.3. The summed E-state index contributed by atoms with van der Waals surface area (Å²) in [5.41, 5.74) is 4.20. The van der Waals surface area contributed by atoms with E-state index in [0.29, 0.717) is 17.1 Å². The fourth-order valence-corrected chi connectivity index (χ4v) is 5.36. The van der Waals surface area contributed by atoms with Crippen LogP contribution in [0.2, 0.25) is 5.02 Å². The van der Waals surface area contributed by atoms with Crippen LogP contribution in [0, 0.1) is 13.8 Å². The smallest absolute Gasteiger partial charge is 0.244 e. The molecule has 2 atom stereocenters. The zero-order chi connectivity index (χ0) is 25.1. The summed E-state index contributed by atoms with van der Waals surface area (Å²) in [4.78, 5) is 13.3. The van der Waals surface area contributed by atoms with Crippen LogP contribution in [0.15, 0.2) is 30.3 Å². The normalized spacial score (nSPS) is 13.5. The number of amides is 1. The first-order chi connectivity index (χ1) is 15.3. The van der Waals surface area contributed by atoms with E-state index in [1.54, 1.807) is 32.2 Å². The van der Waals surface area contributed by atoms with Gasteiger partial charge in [-0.1, -0.05) is 38.4 Å². The van der Waals surface area contributed by atoms with E-state index in [1.807, 2.05) is 26.8 Å².